The van der Waals surface area contributed by atoms with Crippen LogP contribution in [0, 0.1) is 0 Å². The van der Waals surface area contributed by atoms with Gasteiger partial charge in [0.2, 0.25) is 5.91 Å². The fraction of sp³-hybridized carbons (Fsp3) is 0.500. The fourth-order valence-electron chi connectivity index (χ4n) is 1.84. The topological polar surface area (TPSA) is 64.3 Å². The van der Waals surface area contributed by atoms with Crippen molar-refractivity contribution >= 4 is 17.5 Å². The third kappa shape index (κ3) is 4.40. The van der Waals surface area contributed by atoms with Crippen LogP contribution >= 0.6 is 11.6 Å². The molecule has 2 rings (SSSR count). The number of carbonyl (C=O) groups excluding carboxylic acids is 1. The predicted molar refractivity (Wildman–Crippen MR) is 75.5 cm³/mol. The Morgan fingerprint density at radius 2 is 2.26 bits per heavy atom. The molecule has 0 aromatic heterocycles. The molecule has 0 bridgehead atoms. The van der Waals surface area contributed by atoms with Crippen molar-refractivity contribution in [3.05, 3.63) is 28.8 Å². The Balaban J connectivity index is 1.84. The molecule has 5 heteroatoms. The van der Waals surface area contributed by atoms with Crippen molar-refractivity contribution < 1.29 is 9.53 Å². The van der Waals surface area contributed by atoms with Crippen molar-refractivity contribution in [2.24, 2.45) is 5.73 Å². The van der Waals surface area contributed by atoms with Gasteiger partial charge in [-0.1, -0.05) is 17.7 Å². The minimum atomic E-state index is 0.0462. The molecule has 1 saturated carbocycles. The van der Waals surface area contributed by atoms with Gasteiger partial charge in [0.25, 0.3) is 0 Å². The summed E-state index contributed by atoms with van der Waals surface area (Å²) in [6.45, 7) is 0.874. The molecule has 1 amide bonds. The van der Waals surface area contributed by atoms with Gasteiger partial charge in [0.1, 0.15) is 5.75 Å². The summed E-state index contributed by atoms with van der Waals surface area (Å²) in [5.41, 5.74) is 6.47. The van der Waals surface area contributed by atoms with Gasteiger partial charge in [0, 0.05) is 16.6 Å². The highest BCUT2D eigenvalue weighted by atomic mass is 35.5. The quantitative estimate of drug-likeness (QED) is 0.803. The summed E-state index contributed by atoms with van der Waals surface area (Å²) in [6, 6.07) is 5.91. The predicted octanol–water partition coefficient (Wildman–Crippen LogP) is 1.89. The molecular weight excluding hydrogens is 264 g/mol. The van der Waals surface area contributed by atoms with Gasteiger partial charge in [0.05, 0.1) is 13.0 Å². The molecule has 1 aliphatic rings. The molecule has 1 aromatic rings. The number of amides is 1. The van der Waals surface area contributed by atoms with Gasteiger partial charge in [0.15, 0.2) is 0 Å². The summed E-state index contributed by atoms with van der Waals surface area (Å²) in [4.78, 5) is 11.5. The Bertz CT molecular complexity index is 447. The number of hydrogen-bond donors (Lipinski definition) is 2. The number of nitrogens with one attached hydrogen (secondary N) is 1. The number of nitrogens with two attached hydrogens (primary N) is 1. The second-order valence-electron chi connectivity index (χ2n) is 4.70. The number of benzene rings is 1. The fourth-order valence-corrected chi connectivity index (χ4v) is 2.10. The van der Waals surface area contributed by atoms with Crippen LogP contribution in [-0.4, -0.2) is 25.1 Å². The molecule has 0 atom stereocenters. The molecule has 0 heterocycles. The van der Waals surface area contributed by atoms with E-state index in [4.69, 9.17) is 22.1 Å². The van der Waals surface area contributed by atoms with Gasteiger partial charge in [-0.05, 0) is 37.9 Å². The van der Waals surface area contributed by atoms with E-state index in [1.807, 2.05) is 18.2 Å². The van der Waals surface area contributed by atoms with Crippen molar-refractivity contribution in [1.29, 1.82) is 0 Å². The minimum absolute atomic E-state index is 0.0462. The Morgan fingerprint density at radius 3 is 2.95 bits per heavy atom. The van der Waals surface area contributed by atoms with Crippen LogP contribution in [0.2, 0.25) is 5.02 Å². The number of halogens is 1. The molecule has 4 nitrogen and oxygen atoms in total. The van der Waals surface area contributed by atoms with Gasteiger partial charge in [-0.3, -0.25) is 4.79 Å². The van der Waals surface area contributed by atoms with E-state index >= 15 is 0 Å². The van der Waals surface area contributed by atoms with Gasteiger partial charge in [-0.2, -0.15) is 0 Å². The largest absolute Gasteiger partial charge is 0.493 e. The lowest BCUT2D eigenvalue weighted by Gasteiger charge is -2.12. The van der Waals surface area contributed by atoms with Crippen molar-refractivity contribution in [2.45, 2.75) is 31.7 Å². The minimum Gasteiger partial charge on any atom is -0.493 e. The highest BCUT2D eigenvalue weighted by Crippen LogP contribution is 2.26. The van der Waals surface area contributed by atoms with E-state index in [-0.39, 0.29) is 5.91 Å². The molecule has 3 N–H and O–H groups in total. The molecule has 1 fully saturated rings. The average molecular weight is 283 g/mol. The van der Waals surface area contributed by atoms with E-state index in [2.05, 4.69) is 5.32 Å². The Hall–Kier alpha value is -1.26. The zero-order chi connectivity index (χ0) is 13.7. The second-order valence-corrected chi connectivity index (χ2v) is 5.10. The molecular formula is C14H19ClN2O2. The average Bonchev–Trinajstić information content (AvgIpc) is 3.17. The summed E-state index contributed by atoms with van der Waals surface area (Å²) in [5, 5.41) is 3.58. The molecule has 104 valence electrons. The Kier molecular flexibility index (Phi) is 5.05. The maximum Gasteiger partial charge on any atom is 0.223 e. The maximum absolute atomic E-state index is 11.5. The highest BCUT2D eigenvalue weighted by molar-refractivity contribution is 6.31. The standard InChI is InChI=1S/C14H19ClN2O2/c15-12-2-1-3-13(11(12)6-8-16)19-9-7-14(18)17-10-4-5-10/h1-3,10H,4-9,16H2,(H,17,18). The van der Waals surface area contributed by atoms with E-state index in [1.165, 1.54) is 0 Å². The van der Waals surface area contributed by atoms with Crippen LogP contribution in [0.1, 0.15) is 24.8 Å². The molecule has 0 radical (unpaired) electrons. The van der Waals surface area contributed by atoms with Crippen LogP contribution < -0.4 is 15.8 Å². The Labute approximate surface area is 118 Å². The van der Waals surface area contributed by atoms with Gasteiger partial charge >= 0.3 is 0 Å². The van der Waals surface area contributed by atoms with Gasteiger partial charge < -0.3 is 15.8 Å². The number of carbonyl (C=O) groups is 1. The van der Waals surface area contributed by atoms with Gasteiger partial charge in [-0.25, -0.2) is 0 Å². The molecule has 19 heavy (non-hydrogen) atoms. The molecule has 0 aliphatic heterocycles. The first-order chi connectivity index (χ1) is 9.20. The monoisotopic (exact) mass is 282 g/mol. The van der Waals surface area contributed by atoms with Gasteiger partial charge in [-0.15, -0.1) is 0 Å². The van der Waals surface area contributed by atoms with E-state index in [0.29, 0.717) is 37.1 Å². The molecule has 0 spiro atoms. The van der Waals surface area contributed by atoms with Crippen LogP contribution in [0.3, 0.4) is 0 Å². The zero-order valence-electron chi connectivity index (χ0n) is 10.8. The molecule has 1 aromatic carbocycles. The molecule has 0 saturated heterocycles. The summed E-state index contributed by atoms with van der Waals surface area (Å²) in [5.74, 6) is 0.766. The lowest BCUT2D eigenvalue weighted by molar-refractivity contribution is -0.121. The summed E-state index contributed by atoms with van der Waals surface area (Å²) in [6.07, 6.45) is 3.23. The van der Waals surface area contributed by atoms with E-state index < -0.39 is 0 Å². The van der Waals surface area contributed by atoms with E-state index in [0.717, 1.165) is 24.2 Å². The second kappa shape index (κ2) is 6.78. The highest BCUT2D eigenvalue weighted by Gasteiger charge is 2.22. The SMILES string of the molecule is NCCc1c(Cl)cccc1OCCC(=O)NC1CC1. The summed E-state index contributed by atoms with van der Waals surface area (Å²) < 4.78 is 5.64. The zero-order valence-corrected chi connectivity index (χ0v) is 11.6. The third-order valence-corrected chi connectivity index (χ3v) is 3.35. The van der Waals surface area contributed by atoms with Crippen LogP contribution in [0.4, 0.5) is 0 Å². The van der Waals surface area contributed by atoms with E-state index in [9.17, 15) is 4.79 Å². The first kappa shape index (κ1) is 14.2. The van der Waals surface area contributed by atoms with Crippen molar-refractivity contribution in [1.82, 2.24) is 5.32 Å². The molecule has 1 aliphatic carbocycles. The number of ether oxygens (including phenoxy) is 1. The molecule has 0 unspecified atom stereocenters. The Morgan fingerprint density at radius 1 is 1.47 bits per heavy atom. The number of hydrogen-bond acceptors (Lipinski definition) is 3. The van der Waals surface area contributed by atoms with Crippen LogP contribution in [-0.2, 0) is 11.2 Å². The van der Waals surface area contributed by atoms with Crippen LogP contribution in [0.25, 0.3) is 0 Å². The normalized spacial score (nSPS) is 14.2. The number of rotatable bonds is 7. The van der Waals surface area contributed by atoms with Crippen molar-refractivity contribution in [3.63, 3.8) is 0 Å². The van der Waals surface area contributed by atoms with Crippen LogP contribution in [0.5, 0.6) is 5.75 Å². The van der Waals surface area contributed by atoms with E-state index in [1.54, 1.807) is 0 Å². The lowest BCUT2D eigenvalue weighted by Crippen LogP contribution is -2.26. The lowest BCUT2D eigenvalue weighted by atomic mass is 10.1. The smallest absolute Gasteiger partial charge is 0.223 e. The maximum atomic E-state index is 11.5. The first-order valence-electron chi connectivity index (χ1n) is 6.60. The van der Waals surface area contributed by atoms with Crippen LogP contribution in [0.15, 0.2) is 18.2 Å². The summed E-state index contributed by atoms with van der Waals surface area (Å²) >= 11 is 6.11. The first-order valence-corrected chi connectivity index (χ1v) is 6.98. The van der Waals surface area contributed by atoms with Crippen molar-refractivity contribution in [2.75, 3.05) is 13.2 Å². The third-order valence-electron chi connectivity index (χ3n) is 3.00. The summed E-state index contributed by atoms with van der Waals surface area (Å²) in [7, 11) is 0. The van der Waals surface area contributed by atoms with Crippen molar-refractivity contribution in [3.8, 4) is 5.75 Å².